The molecule has 1 heterocycles. The highest BCUT2D eigenvalue weighted by atomic mass is 16.6. The number of carbonyl (C=O) groups excluding carboxylic acids is 1. The van der Waals surface area contributed by atoms with Gasteiger partial charge in [-0.15, -0.1) is 0 Å². The minimum Gasteiger partial charge on any atom is -0.455 e. The lowest BCUT2D eigenvalue weighted by atomic mass is 9.82. The van der Waals surface area contributed by atoms with Gasteiger partial charge in [0.2, 0.25) is 0 Å². The number of ether oxygens (including phenoxy) is 1. The van der Waals surface area contributed by atoms with Crippen molar-refractivity contribution in [3.63, 3.8) is 0 Å². The predicted octanol–water partition coefficient (Wildman–Crippen LogP) is 0.939. The summed E-state index contributed by atoms with van der Waals surface area (Å²) in [6, 6.07) is 0. The van der Waals surface area contributed by atoms with Crippen LogP contribution in [-0.4, -0.2) is 22.8 Å². The van der Waals surface area contributed by atoms with E-state index in [1.54, 1.807) is 6.08 Å². The minimum absolute atomic E-state index is 0.163. The van der Waals surface area contributed by atoms with Gasteiger partial charge in [0.25, 0.3) is 0 Å². The first-order valence-electron chi connectivity index (χ1n) is 4.35. The van der Waals surface area contributed by atoms with Crippen molar-refractivity contribution in [3.8, 4) is 0 Å². The van der Waals surface area contributed by atoms with E-state index < -0.39 is 17.7 Å². The fourth-order valence-corrected chi connectivity index (χ4v) is 1.91. The smallest absolute Gasteiger partial charge is 0.337 e. The summed E-state index contributed by atoms with van der Waals surface area (Å²) in [6.07, 6.45) is 2.82. The van der Waals surface area contributed by atoms with Gasteiger partial charge in [0.15, 0.2) is 5.60 Å². The zero-order valence-corrected chi connectivity index (χ0v) is 7.54. The van der Waals surface area contributed by atoms with E-state index in [1.807, 2.05) is 6.92 Å². The van der Waals surface area contributed by atoms with Crippen molar-refractivity contribution in [1.29, 1.82) is 0 Å². The molecule has 1 N–H and O–H groups in total. The van der Waals surface area contributed by atoms with Crippen LogP contribution in [0.5, 0.6) is 0 Å². The summed E-state index contributed by atoms with van der Waals surface area (Å²) in [5, 5.41) is 10.1. The molecule has 1 aliphatic heterocycles. The molecule has 1 aliphatic carbocycles. The fraction of sp³-hybridized carbons (Fsp3) is 0.500. The number of hydrogen-bond donors (Lipinski definition) is 1. The zero-order chi connectivity index (χ0) is 9.64. The third kappa shape index (κ3) is 1.04. The molecule has 0 saturated carbocycles. The highest BCUT2D eigenvalue weighted by molar-refractivity contribution is 5.93. The lowest BCUT2D eigenvalue weighted by Crippen LogP contribution is -2.39. The van der Waals surface area contributed by atoms with Crippen LogP contribution in [0, 0.1) is 0 Å². The molecule has 2 aliphatic rings. The maximum Gasteiger partial charge on any atom is 0.337 e. The Labute approximate surface area is 76.7 Å². The van der Waals surface area contributed by atoms with Gasteiger partial charge in [0, 0.05) is 0 Å². The molecule has 0 radical (unpaired) electrons. The molecular formula is C10H12O3. The average Bonchev–Trinajstić information content (AvgIpc) is 2.27. The van der Waals surface area contributed by atoms with Crippen molar-refractivity contribution in [1.82, 2.24) is 0 Å². The molecule has 3 nitrogen and oxygen atoms in total. The van der Waals surface area contributed by atoms with Crippen LogP contribution < -0.4 is 0 Å². The fourth-order valence-electron chi connectivity index (χ4n) is 1.91. The van der Waals surface area contributed by atoms with E-state index in [9.17, 15) is 9.90 Å². The van der Waals surface area contributed by atoms with E-state index in [0.29, 0.717) is 6.42 Å². The number of rotatable bonds is 0. The van der Waals surface area contributed by atoms with Crippen LogP contribution in [-0.2, 0) is 9.53 Å². The molecule has 1 fully saturated rings. The number of allylic oxidation sites excluding steroid dienone is 1. The van der Waals surface area contributed by atoms with Gasteiger partial charge in [-0.2, -0.15) is 0 Å². The average molecular weight is 180 g/mol. The van der Waals surface area contributed by atoms with Gasteiger partial charge in [-0.25, -0.2) is 4.79 Å². The Balaban J connectivity index is 2.44. The maximum atomic E-state index is 11.1. The third-order valence-corrected chi connectivity index (χ3v) is 2.74. The van der Waals surface area contributed by atoms with Crippen LogP contribution in [0.1, 0.15) is 19.8 Å². The standard InChI is InChI=1S/C10H12O3/c1-6-3-4-8-10(12,5-6)7(2)9(11)13-8/h5,8,12H,2-4H2,1H3/t8-,10+/m0/s1. The van der Waals surface area contributed by atoms with E-state index in [-0.39, 0.29) is 5.57 Å². The van der Waals surface area contributed by atoms with E-state index >= 15 is 0 Å². The van der Waals surface area contributed by atoms with E-state index in [4.69, 9.17) is 4.74 Å². The number of carbonyl (C=O) groups is 1. The van der Waals surface area contributed by atoms with Gasteiger partial charge in [-0.05, 0) is 25.8 Å². The van der Waals surface area contributed by atoms with Crippen LogP contribution in [0.3, 0.4) is 0 Å². The van der Waals surface area contributed by atoms with Crippen LogP contribution in [0.15, 0.2) is 23.8 Å². The van der Waals surface area contributed by atoms with Crippen LogP contribution in [0.2, 0.25) is 0 Å². The van der Waals surface area contributed by atoms with Gasteiger partial charge in [0.05, 0.1) is 5.57 Å². The molecule has 70 valence electrons. The van der Waals surface area contributed by atoms with E-state index in [2.05, 4.69) is 6.58 Å². The summed E-state index contributed by atoms with van der Waals surface area (Å²) in [5.41, 5.74) is 0.00845. The Kier molecular flexibility index (Phi) is 1.60. The first-order valence-corrected chi connectivity index (χ1v) is 4.35. The van der Waals surface area contributed by atoms with Gasteiger partial charge < -0.3 is 9.84 Å². The zero-order valence-electron chi connectivity index (χ0n) is 7.54. The first kappa shape index (κ1) is 8.51. The molecule has 2 rings (SSSR count). The SMILES string of the molecule is C=C1C(=O)O[C@H]2CCC(C)=C[C@@]12O. The molecule has 2 atom stereocenters. The Morgan fingerprint density at radius 1 is 1.77 bits per heavy atom. The predicted molar refractivity (Wildman–Crippen MR) is 47.0 cm³/mol. The van der Waals surface area contributed by atoms with Crippen molar-refractivity contribution in [3.05, 3.63) is 23.8 Å². The Morgan fingerprint density at radius 2 is 2.46 bits per heavy atom. The summed E-state index contributed by atoms with van der Waals surface area (Å²) in [4.78, 5) is 11.1. The molecule has 0 bridgehead atoms. The summed E-state index contributed by atoms with van der Waals surface area (Å²) < 4.78 is 5.00. The highest BCUT2D eigenvalue weighted by Crippen LogP contribution is 2.39. The Hall–Kier alpha value is -1.09. The van der Waals surface area contributed by atoms with Crippen molar-refractivity contribution in [2.75, 3.05) is 0 Å². The van der Waals surface area contributed by atoms with Gasteiger partial charge in [-0.1, -0.05) is 12.2 Å². The summed E-state index contributed by atoms with van der Waals surface area (Å²) in [5.74, 6) is -0.474. The molecule has 1 saturated heterocycles. The number of hydrogen-bond acceptors (Lipinski definition) is 3. The lowest BCUT2D eigenvalue weighted by molar-refractivity contribution is -0.141. The summed E-state index contributed by atoms with van der Waals surface area (Å²) >= 11 is 0. The van der Waals surface area contributed by atoms with Crippen LogP contribution in [0.4, 0.5) is 0 Å². The maximum absolute atomic E-state index is 11.1. The van der Waals surface area contributed by atoms with Gasteiger partial charge >= 0.3 is 5.97 Å². The molecule has 0 aromatic carbocycles. The lowest BCUT2D eigenvalue weighted by Gasteiger charge is -2.29. The molecule has 0 unspecified atom stereocenters. The highest BCUT2D eigenvalue weighted by Gasteiger charge is 2.51. The largest absolute Gasteiger partial charge is 0.455 e. The molecule has 0 amide bonds. The number of aliphatic hydroxyl groups is 1. The van der Waals surface area contributed by atoms with Gasteiger partial charge in [-0.3, -0.25) is 0 Å². The molecule has 13 heavy (non-hydrogen) atoms. The quantitative estimate of drug-likeness (QED) is 0.343. The van der Waals surface area contributed by atoms with E-state index in [1.165, 1.54) is 0 Å². The summed E-state index contributed by atoms with van der Waals surface area (Å²) in [6.45, 7) is 5.49. The topological polar surface area (TPSA) is 46.5 Å². The van der Waals surface area contributed by atoms with Crippen LogP contribution in [0.25, 0.3) is 0 Å². The second-order valence-electron chi connectivity index (χ2n) is 3.73. The van der Waals surface area contributed by atoms with Crippen molar-refractivity contribution >= 4 is 5.97 Å². The third-order valence-electron chi connectivity index (χ3n) is 2.74. The number of fused-ring (bicyclic) bond motifs is 1. The van der Waals surface area contributed by atoms with Crippen LogP contribution >= 0.6 is 0 Å². The van der Waals surface area contributed by atoms with Crippen molar-refractivity contribution in [2.45, 2.75) is 31.5 Å². The van der Waals surface area contributed by atoms with Crippen molar-refractivity contribution in [2.24, 2.45) is 0 Å². The normalized spacial score (nSPS) is 38.3. The Bertz CT molecular complexity index is 316. The molecule has 0 aromatic heterocycles. The molecule has 0 aromatic rings. The second kappa shape index (κ2) is 2.45. The minimum atomic E-state index is -1.24. The summed E-state index contributed by atoms with van der Waals surface area (Å²) in [7, 11) is 0. The molecular weight excluding hydrogens is 168 g/mol. The van der Waals surface area contributed by atoms with E-state index in [0.717, 1.165) is 12.0 Å². The monoisotopic (exact) mass is 180 g/mol. The Morgan fingerprint density at radius 3 is 3.15 bits per heavy atom. The number of esters is 1. The van der Waals surface area contributed by atoms with Crippen molar-refractivity contribution < 1.29 is 14.6 Å². The molecule has 3 heteroatoms. The van der Waals surface area contributed by atoms with Gasteiger partial charge in [0.1, 0.15) is 6.10 Å². The molecule has 0 spiro atoms. The first-order chi connectivity index (χ1) is 6.04. The second-order valence-corrected chi connectivity index (χ2v) is 3.73.